The lowest BCUT2D eigenvalue weighted by Gasteiger charge is -2.44. The van der Waals surface area contributed by atoms with E-state index in [1.54, 1.807) is 0 Å². The molecule has 36 heavy (non-hydrogen) atoms. The fourth-order valence-electron chi connectivity index (χ4n) is 4.72. The first kappa shape index (κ1) is 24.9. The van der Waals surface area contributed by atoms with E-state index in [2.05, 4.69) is 21.3 Å². The van der Waals surface area contributed by atoms with E-state index in [0.717, 1.165) is 36.8 Å². The van der Waals surface area contributed by atoms with E-state index < -0.39 is 53.5 Å². The molecule has 4 N–H and O–H groups in total. The molecule has 2 aromatic carbocycles. The van der Waals surface area contributed by atoms with Gasteiger partial charge in [0.2, 0.25) is 0 Å². The molecule has 2 aromatic rings. The van der Waals surface area contributed by atoms with Crippen LogP contribution >= 0.6 is 0 Å². The average Bonchev–Trinajstić information content (AvgIpc) is 3.16. The summed E-state index contributed by atoms with van der Waals surface area (Å²) in [6.07, 6.45) is -9.77. The number of hydrogen-bond donors (Lipinski definition) is 4. The standard InChI is InChI=1S/C23H23F7N4O2/c24-13-4-6-18(14(11-13)21(7-9-35-21)23(28,29)30)36-19-16(2-1-8-31-19)33-20-32-15-5-3-12(22(25,26)27)10-17(15)34-20/h3-6,10-11,16,19-20,31-34H,1-2,7-9H2. The van der Waals surface area contributed by atoms with Crippen molar-refractivity contribution in [1.29, 1.82) is 0 Å². The summed E-state index contributed by atoms with van der Waals surface area (Å²) in [7, 11) is 0. The molecular formula is C23H23F7N4O2. The summed E-state index contributed by atoms with van der Waals surface area (Å²) in [6, 6.07) is 5.79. The number of rotatable bonds is 5. The van der Waals surface area contributed by atoms with Gasteiger partial charge in [-0.3, -0.25) is 10.6 Å². The van der Waals surface area contributed by atoms with Crippen LogP contribution in [-0.2, 0) is 16.5 Å². The predicted octanol–water partition coefficient (Wildman–Crippen LogP) is 4.89. The van der Waals surface area contributed by atoms with Crippen molar-refractivity contribution in [2.75, 3.05) is 23.8 Å². The van der Waals surface area contributed by atoms with E-state index in [9.17, 15) is 30.7 Å². The topological polar surface area (TPSA) is 66.6 Å². The van der Waals surface area contributed by atoms with Crippen LogP contribution in [0.25, 0.3) is 0 Å². The van der Waals surface area contributed by atoms with Gasteiger partial charge in [0.05, 0.1) is 29.6 Å². The van der Waals surface area contributed by atoms with Gasteiger partial charge >= 0.3 is 12.4 Å². The van der Waals surface area contributed by atoms with E-state index in [1.165, 1.54) is 6.07 Å². The second kappa shape index (κ2) is 8.96. The van der Waals surface area contributed by atoms with Crippen molar-refractivity contribution in [3.63, 3.8) is 0 Å². The molecule has 0 saturated carbocycles. The number of alkyl halides is 6. The molecule has 4 unspecified atom stereocenters. The molecule has 0 amide bonds. The van der Waals surface area contributed by atoms with Gasteiger partial charge in [0.25, 0.3) is 0 Å². The first-order chi connectivity index (χ1) is 17.0. The Balaban J connectivity index is 1.33. The summed E-state index contributed by atoms with van der Waals surface area (Å²) >= 11 is 0. The van der Waals surface area contributed by atoms with Crippen LogP contribution in [-0.4, -0.2) is 37.9 Å². The highest BCUT2D eigenvalue weighted by molar-refractivity contribution is 5.75. The van der Waals surface area contributed by atoms with Crippen molar-refractivity contribution < 1.29 is 40.2 Å². The molecule has 0 aromatic heterocycles. The van der Waals surface area contributed by atoms with Crippen LogP contribution in [0.15, 0.2) is 36.4 Å². The Hall–Kier alpha value is -2.77. The Morgan fingerprint density at radius 2 is 1.75 bits per heavy atom. The fourth-order valence-corrected chi connectivity index (χ4v) is 4.72. The average molecular weight is 520 g/mol. The van der Waals surface area contributed by atoms with E-state index >= 15 is 0 Å². The van der Waals surface area contributed by atoms with Gasteiger partial charge in [-0.15, -0.1) is 0 Å². The Morgan fingerprint density at radius 3 is 2.42 bits per heavy atom. The number of fused-ring (bicyclic) bond motifs is 1. The molecule has 0 spiro atoms. The number of nitrogens with one attached hydrogen (secondary N) is 4. The maximum atomic E-state index is 14.0. The summed E-state index contributed by atoms with van der Waals surface area (Å²) in [5, 5.41) is 12.3. The third kappa shape index (κ3) is 4.55. The molecule has 196 valence electrons. The number of halogens is 7. The lowest BCUT2D eigenvalue weighted by Crippen LogP contribution is -2.59. The SMILES string of the molecule is Fc1ccc(OC2NCCCC2NC2Nc3ccc(C(F)(F)F)cc3N2)c(C2(C(F)(F)F)CCO2)c1. The Bertz CT molecular complexity index is 1120. The van der Waals surface area contributed by atoms with E-state index in [1.807, 2.05) is 0 Å². The van der Waals surface area contributed by atoms with Crippen LogP contribution < -0.4 is 26.0 Å². The fraction of sp³-hybridized carbons (Fsp3) is 0.478. The molecule has 0 aliphatic carbocycles. The minimum atomic E-state index is -4.77. The zero-order valence-electron chi connectivity index (χ0n) is 18.7. The van der Waals surface area contributed by atoms with Crippen molar-refractivity contribution >= 4 is 11.4 Å². The lowest BCUT2D eigenvalue weighted by atomic mass is 9.85. The number of benzene rings is 2. The van der Waals surface area contributed by atoms with Crippen LogP contribution in [0.2, 0.25) is 0 Å². The molecule has 4 atom stereocenters. The highest BCUT2D eigenvalue weighted by Crippen LogP contribution is 2.53. The maximum absolute atomic E-state index is 14.0. The molecule has 0 radical (unpaired) electrons. The summed E-state index contributed by atoms with van der Waals surface area (Å²) in [5.74, 6) is -1.01. The number of hydrogen-bond acceptors (Lipinski definition) is 6. The molecule has 6 nitrogen and oxygen atoms in total. The van der Waals surface area contributed by atoms with Gasteiger partial charge in [0, 0.05) is 12.0 Å². The van der Waals surface area contributed by atoms with Gasteiger partial charge in [-0.2, -0.15) is 26.3 Å². The largest absolute Gasteiger partial charge is 0.473 e. The van der Waals surface area contributed by atoms with Crippen molar-refractivity contribution in [2.45, 2.75) is 55.8 Å². The molecule has 0 bridgehead atoms. The van der Waals surface area contributed by atoms with Crippen LogP contribution in [0, 0.1) is 5.82 Å². The minimum absolute atomic E-state index is 0.114. The van der Waals surface area contributed by atoms with E-state index in [0.29, 0.717) is 18.7 Å². The summed E-state index contributed by atoms with van der Waals surface area (Å²) in [6.45, 7) is 0.415. The van der Waals surface area contributed by atoms with Crippen molar-refractivity contribution in [2.24, 2.45) is 0 Å². The van der Waals surface area contributed by atoms with Gasteiger partial charge in [-0.25, -0.2) is 4.39 Å². The van der Waals surface area contributed by atoms with Gasteiger partial charge in [0.15, 0.2) is 18.1 Å². The van der Waals surface area contributed by atoms with Crippen molar-refractivity contribution in [3.05, 3.63) is 53.3 Å². The van der Waals surface area contributed by atoms with Crippen LogP contribution in [0.3, 0.4) is 0 Å². The molecule has 5 rings (SSSR count). The quantitative estimate of drug-likeness (QED) is 0.421. The molecule has 3 aliphatic rings. The molecule has 13 heteroatoms. The van der Waals surface area contributed by atoms with Crippen LogP contribution in [0.1, 0.15) is 30.4 Å². The number of piperidine rings is 1. The third-order valence-electron chi connectivity index (χ3n) is 6.62. The molecule has 2 saturated heterocycles. The monoisotopic (exact) mass is 520 g/mol. The maximum Gasteiger partial charge on any atom is 0.421 e. The molecular weight excluding hydrogens is 497 g/mol. The zero-order chi connectivity index (χ0) is 25.7. The normalized spacial score (nSPS) is 28.0. The lowest BCUT2D eigenvalue weighted by molar-refractivity contribution is -0.334. The van der Waals surface area contributed by atoms with Gasteiger partial charge < -0.3 is 20.1 Å². The first-order valence-electron chi connectivity index (χ1n) is 11.4. The third-order valence-corrected chi connectivity index (χ3v) is 6.62. The number of ether oxygens (including phenoxy) is 2. The van der Waals surface area contributed by atoms with E-state index in [-0.39, 0.29) is 24.5 Å². The van der Waals surface area contributed by atoms with Gasteiger partial charge in [-0.05, 0) is 55.8 Å². The summed E-state index contributed by atoms with van der Waals surface area (Å²) in [4.78, 5) is 0. The zero-order valence-corrected chi connectivity index (χ0v) is 18.7. The second-order valence-corrected chi connectivity index (χ2v) is 8.95. The summed E-state index contributed by atoms with van der Waals surface area (Å²) < 4.78 is 106. The minimum Gasteiger partial charge on any atom is -0.473 e. The summed E-state index contributed by atoms with van der Waals surface area (Å²) in [5.41, 5.74) is -3.14. The van der Waals surface area contributed by atoms with E-state index in [4.69, 9.17) is 9.47 Å². The van der Waals surface area contributed by atoms with Gasteiger partial charge in [-0.1, -0.05) is 0 Å². The van der Waals surface area contributed by atoms with Crippen molar-refractivity contribution in [3.8, 4) is 5.75 Å². The highest BCUT2D eigenvalue weighted by atomic mass is 19.4. The first-order valence-corrected chi connectivity index (χ1v) is 11.4. The Kier molecular flexibility index (Phi) is 6.20. The second-order valence-electron chi connectivity index (χ2n) is 8.95. The molecule has 3 aliphatic heterocycles. The smallest absolute Gasteiger partial charge is 0.421 e. The Labute approximate surface area is 201 Å². The van der Waals surface area contributed by atoms with Crippen molar-refractivity contribution in [1.82, 2.24) is 10.6 Å². The molecule has 2 fully saturated rings. The number of anilines is 2. The molecule has 3 heterocycles. The Morgan fingerprint density at radius 1 is 1.00 bits per heavy atom. The highest BCUT2D eigenvalue weighted by Gasteiger charge is 2.62. The predicted molar refractivity (Wildman–Crippen MR) is 116 cm³/mol. The van der Waals surface area contributed by atoms with Crippen LogP contribution in [0.4, 0.5) is 42.1 Å². The van der Waals surface area contributed by atoms with Crippen LogP contribution in [0.5, 0.6) is 5.75 Å². The van der Waals surface area contributed by atoms with Gasteiger partial charge in [0.1, 0.15) is 11.6 Å².